The van der Waals surface area contributed by atoms with Gasteiger partial charge in [-0.15, -0.1) is 0 Å². The molecule has 0 saturated heterocycles. The molecule has 0 saturated carbocycles. The van der Waals surface area contributed by atoms with E-state index in [1.54, 1.807) is 7.11 Å². The molecule has 0 fully saturated rings. The van der Waals surface area contributed by atoms with Crippen LogP contribution in [0, 0.1) is 0 Å². The van der Waals surface area contributed by atoms with Gasteiger partial charge >= 0.3 is 0 Å². The van der Waals surface area contributed by atoms with Crippen LogP contribution in [0.4, 0.5) is 0 Å². The number of amides is 1. The lowest BCUT2D eigenvalue weighted by Crippen LogP contribution is -2.43. The lowest BCUT2D eigenvalue weighted by Gasteiger charge is -2.37. The summed E-state index contributed by atoms with van der Waals surface area (Å²) in [5.74, 6) is 0.919. The van der Waals surface area contributed by atoms with Gasteiger partial charge in [0.1, 0.15) is 5.75 Å². The zero-order valence-electron chi connectivity index (χ0n) is 14.8. The summed E-state index contributed by atoms with van der Waals surface area (Å²) in [4.78, 5) is 15.2. The van der Waals surface area contributed by atoms with Crippen LogP contribution < -0.4 is 4.74 Å². The minimum atomic E-state index is -0.0435. The molecule has 1 unspecified atom stereocenters. The van der Waals surface area contributed by atoms with Crippen molar-refractivity contribution in [3.05, 3.63) is 89.7 Å². The van der Waals surface area contributed by atoms with Gasteiger partial charge in [-0.1, -0.05) is 42.5 Å². The van der Waals surface area contributed by atoms with E-state index in [1.807, 2.05) is 47.4 Å². The quantitative estimate of drug-likeness (QED) is 0.722. The first-order valence-corrected chi connectivity index (χ1v) is 8.88. The Morgan fingerprint density at radius 2 is 1.88 bits per heavy atom. The number of rotatable bonds is 4. The van der Waals surface area contributed by atoms with Gasteiger partial charge < -0.3 is 14.2 Å². The van der Waals surface area contributed by atoms with Gasteiger partial charge in [0.2, 0.25) is 5.91 Å². The summed E-state index contributed by atoms with van der Waals surface area (Å²) in [6.45, 7) is 1.54. The highest BCUT2D eigenvalue weighted by Gasteiger charge is 2.31. The lowest BCUT2D eigenvalue weighted by atomic mass is 9.99. The highest BCUT2D eigenvalue weighted by atomic mass is 16.5. The van der Waals surface area contributed by atoms with Crippen molar-refractivity contribution in [3.63, 3.8) is 0 Å². The van der Waals surface area contributed by atoms with E-state index in [4.69, 9.17) is 4.74 Å². The fourth-order valence-corrected chi connectivity index (χ4v) is 3.70. The van der Waals surface area contributed by atoms with Crippen LogP contribution in [0.2, 0.25) is 0 Å². The van der Waals surface area contributed by atoms with Gasteiger partial charge in [-0.25, -0.2) is 0 Å². The summed E-state index contributed by atoms with van der Waals surface area (Å²) >= 11 is 0. The van der Waals surface area contributed by atoms with Gasteiger partial charge in [0, 0.05) is 25.0 Å². The number of hydrogen-bond donors (Lipinski definition) is 0. The van der Waals surface area contributed by atoms with Crippen molar-refractivity contribution in [3.8, 4) is 5.75 Å². The predicted octanol–water partition coefficient (Wildman–Crippen LogP) is 3.67. The van der Waals surface area contributed by atoms with Crippen LogP contribution in [-0.4, -0.2) is 29.0 Å². The number of ether oxygens (including phenoxy) is 1. The summed E-state index contributed by atoms with van der Waals surface area (Å²) < 4.78 is 7.52. The minimum Gasteiger partial charge on any atom is -0.497 e. The van der Waals surface area contributed by atoms with Crippen molar-refractivity contribution in [2.24, 2.45) is 0 Å². The minimum absolute atomic E-state index is 0.0435. The molecule has 1 aliphatic heterocycles. The molecule has 0 spiro atoms. The Hall–Kier alpha value is -3.01. The number of hydrogen-bond acceptors (Lipinski definition) is 2. The van der Waals surface area contributed by atoms with E-state index in [9.17, 15) is 4.79 Å². The summed E-state index contributed by atoms with van der Waals surface area (Å²) in [6.07, 6.45) is 2.47. The van der Waals surface area contributed by atoms with Crippen molar-refractivity contribution < 1.29 is 9.53 Å². The van der Waals surface area contributed by atoms with Crippen LogP contribution >= 0.6 is 0 Å². The highest BCUT2D eigenvalue weighted by Crippen LogP contribution is 2.32. The third kappa shape index (κ3) is 3.10. The van der Waals surface area contributed by atoms with Crippen molar-refractivity contribution in [2.45, 2.75) is 19.0 Å². The maximum absolute atomic E-state index is 13.2. The Morgan fingerprint density at radius 3 is 2.69 bits per heavy atom. The number of carbonyl (C=O) groups excluding carboxylic acids is 1. The van der Waals surface area contributed by atoms with Crippen molar-refractivity contribution in [1.82, 2.24) is 9.47 Å². The van der Waals surface area contributed by atoms with E-state index in [0.717, 1.165) is 23.4 Å². The molecule has 4 heteroatoms. The molecule has 3 aromatic rings. The Balaban J connectivity index is 1.64. The van der Waals surface area contributed by atoms with Crippen LogP contribution in [0.1, 0.15) is 22.9 Å². The number of nitrogens with zero attached hydrogens (tertiary/aromatic N) is 2. The SMILES string of the molecule is COc1cccc(CC(=O)N2CCn3cccc3C2c2ccccc2)c1. The van der Waals surface area contributed by atoms with Gasteiger partial charge in [-0.3, -0.25) is 4.79 Å². The zero-order chi connectivity index (χ0) is 17.9. The van der Waals surface area contributed by atoms with Crippen LogP contribution in [0.5, 0.6) is 5.75 Å². The molecule has 4 nitrogen and oxygen atoms in total. The third-order valence-electron chi connectivity index (χ3n) is 4.96. The zero-order valence-corrected chi connectivity index (χ0v) is 14.8. The average Bonchev–Trinajstić information content (AvgIpc) is 3.16. The second kappa shape index (κ2) is 7.08. The molecule has 0 N–H and O–H groups in total. The molecule has 0 aliphatic carbocycles. The van der Waals surface area contributed by atoms with Crippen molar-refractivity contribution in [1.29, 1.82) is 0 Å². The van der Waals surface area contributed by atoms with Crippen LogP contribution in [0.25, 0.3) is 0 Å². The molecule has 1 aliphatic rings. The van der Waals surface area contributed by atoms with E-state index in [-0.39, 0.29) is 11.9 Å². The summed E-state index contributed by atoms with van der Waals surface area (Å²) in [5.41, 5.74) is 3.29. The molecule has 0 radical (unpaired) electrons. The Kier molecular flexibility index (Phi) is 4.48. The third-order valence-corrected chi connectivity index (χ3v) is 4.96. The van der Waals surface area contributed by atoms with E-state index in [0.29, 0.717) is 13.0 Å². The molecule has 2 aromatic carbocycles. The van der Waals surface area contributed by atoms with E-state index in [2.05, 4.69) is 35.0 Å². The topological polar surface area (TPSA) is 34.5 Å². The molecule has 1 amide bonds. The first kappa shape index (κ1) is 16.5. The van der Waals surface area contributed by atoms with Crippen LogP contribution in [0.15, 0.2) is 72.9 Å². The lowest BCUT2D eigenvalue weighted by molar-refractivity contribution is -0.133. The summed E-state index contributed by atoms with van der Waals surface area (Å²) in [6, 6.07) is 22.1. The summed E-state index contributed by atoms with van der Waals surface area (Å²) in [5, 5.41) is 0. The maximum Gasteiger partial charge on any atom is 0.227 e. The van der Waals surface area contributed by atoms with E-state index < -0.39 is 0 Å². The first-order valence-electron chi connectivity index (χ1n) is 8.88. The first-order chi connectivity index (χ1) is 12.8. The predicted molar refractivity (Wildman–Crippen MR) is 101 cm³/mol. The molecular formula is C22H22N2O2. The molecule has 1 aromatic heterocycles. The van der Waals surface area contributed by atoms with Crippen LogP contribution in [0.3, 0.4) is 0 Å². The molecular weight excluding hydrogens is 324 g/mol. The largest absolute Gasteiger partial charge is 0.497 e. The van der Waals surface area contributed by atoms with Crippen molar-refractivity contribution >= 4 is 5.91 Å². The molecule has 4 rings (SSSR count). The number of fused-ring (bicyclic) bond motifs is 1. The average molecular weight is 346 g/mol. The Morgan fingerprint density at radius 1 is 1.04 bits per heavy atom. The number of methoxy groups -OCH3 is 1. The number of aromatic nitrogens is 1. The van der Waals surface area contributed by atoms with Gasteiger partial charge in [0.05, 0.1) is 19.6 Å². The molecule has 132 valence electrons. The van der Waals surface area contributed by atoms with Gasteiger partial charge in [-0.2, -0.15) is 0 Å². The maximum atomic E-state index is 13.2. The molecule has 2 heterocycles. The summed E-state index contributed by atoms with van der Waals surface area (Å²) in [7, 11) is 1.64. The van der Waals surface area contributed by atoms with Crippen molar-refractivity contribution in [2.75, 3.05) is 13.7 Å². The molecule has 26 heavy (non-hydrogen) atoms. The Labute approximate surface area is 153 Å². The monoisotopic (exact) mass is 346 g/mol. The fraction of sp³-hybridized carbons (Fsp3) is 0.227. The second-order valence-corrected chi connectivity index (χ2v) is 6.56. The van der Waals surface area contributed by atoms with Gasteiger partial charge in [0.25, 0.3) is 0 Å². The standard InChI is InChI=1S/C22H22N2O2/c1-26-19-10-5-7-17(15-19)16-21(25)24-14-13-23-12-6-11-20(23)22(24)18-8-3-2-4-9-18/h2-12,15,22H,13-14,16H2,1H3. The van der Waals surface area contributed by atoms with Gasteiger partial charge in [0.15, 0.2) is 0 Å². The number of benzene rings is 2. The normalized spacial score (nSPS) is 16.2. The molecule has 1 atom stereocenters. The van der Waals surface area contributed by atoms with Crippen LogP contribution in [-0.2, 0) is 17.8 Å². The Bertz CT molecular complexity index is 901. The fourth-order valence-electron chi connectivity index (χ4n) is 3.70. The van der Waals surface area contributed by atoms with Gasteiger partial charge in [-0.05, 0) is 35.4 Å². The highest BCUT2D eigenvalue weighted by molar-refractivity contribution is 5.80. The van der Waals surface area contributed by atoms with E-state index >= 15 is 0 Å². The second-order valence-electron chi connectivity index (χ2n) is 6.56. The van der Waals surface area contributed by atoms with E-state index in [1.165, 1.54) is 5.69 Å². The smallest absolute Gasteiger partial charge is 0.227 e. The molecule has 0 bridgehead atoms. The number of carbonyl (C=O) groups is 1.